The van der Waals surface area contributed by atoms with E-state index in [1.807, 2.05) is 13.3 Å². The molecule has 0 saturated carbocycles. The van der Waals surface area contributed by atoms with Crippen molar-refractivity contribution in [3.63, 3.8) is 0 Å². The number of carbonyl (C=O) groups excluding carboxylic acids is 1. The van der Waals surface area contributed by atoms with Crippen LogP contribution in [0.15, 0.2) is 29.1 Å². The summed E-state index contributed by atoms with van der Waals surface area (Å²) in [6, 6.07) is 3.41. The maximum absolute atomic E-state index is 12.3. The first kappa shape index (κ1) is 12.9. The topological polar surface area (TPSA) is 60.5 Å². The maximum Gasteiger partial charge on any atom is 0.289 e. The highest BCUT2D eigenvalue weighted by atomic mass is 16.5. The Kier molecular flexibility index (Phi) is 3.56. The number of furan rings is 1. The van der Waals surface area contributed by atoms with Crippen LogP contribution in [0, 0.1) is 0 Å². The Morgan fingerprint density at radius 2 is 2.40 bits per heavy atom. The molecule has 0 spiro atoms. The van der Waals surface area contributed by atoms with Crippen molar-refractivity contribution < 1.29 is 13.9 Å². The first-order valence-corrected chi connectivity index (χ1v) is 6.73. The van der Waals surface area contributed by atoms with E-state index in [4.69, 9.17) is 9.15 Å². The van der Waals surface area contributed by atoms with Gasteiger partial charge in [0.25, 0.3) is 5.91 Å². The second-order valence-corrected chi connectivity index (χ2v) is 4.67. The molecule has 1 aliphatic heterocycles. The third kappa shape index (κ3) is 2.34. The molecule has 0 saturated heterocycles. The van der Waals surface area contributed by atoms with Gasteiger partial charge in [0, 0.05) is 19.7 Å². The van der Waals surface area contributed by atoms with Crippen molar-refractivity contribution in [2.24, 2.45) is 0 Å². The molecule has 6 nitrogen and oxygen atoms in total. The lowest BCUT2D eigenvalue weighted by atomic mass is 10.2. The quantitative estimate of drug-likeness (QED) is 0.851. The van der Waals surface area contributed by atoms with Crippen molar-refractivity contribution >= 4 is 5.91 Å². The van der Waals surface area contributed by atoms with Crippen LogP contribution in [-0.2, 0) is 24.4 Å². The fraction of sp³-hybridized carbons (Fsp3) is 0.429. The summed E-state index contributed by atoms with van der Waals surface area (Å²) in [6.45, 7) is 5.05. The maximum atomic E-state index is 12.3. The summed E-state index contributed by atoms with van der Waals surface area (Å²) in [5.74, 6) is 0.300. The number of ether oxygens (including phenoxy) is 1. The zero-order valence-corrected chi connectivity index (χ0v) is 11.4. The molecule has 3 rings (SSSR count). The molecular weight excluding hydrogens is 258 g/mol. The van der Waals surface area contributed by atoms with Crippen LogP contribution in [0.2, 0.25) is 0 Å². The van der Waals surface area contributed by atoms with Gasteiger partial charge in [0.15, 0.2) is 5.76 Å². The normalized spacial score (nSPS) is 14.3. The second-order valence-electron chi connectivity index (χ2n) is 4.67. The van der Waals surface area contributed by atoms with E-state index >= 15 is 0 Å². The van der Waals surface area contributed by atoms with Gasteiger partial charge >= 0.3 is 0 Å². The van der Waals surface area contributed by atoms with Crippen molar-refractivity contribution in [1.82, 2.24) is 14.5 Å². The summed E-state index contributed by atoms with van der Waals surface area (Å²) in [6.07, 6.45) is 3.33. The largest absolute Gasteiger partial charge is 0.459 e. The molecule has 0 N–H and O–H groups in total. The van der Waals surface area contributed by atoms with E-state index in [1.165, 1.54) is 6.26 Å². The molecule has 3 heterocycles. The van der Waals surface area contributed by atoms with E-state index < -0.39 is 0 Å². The first-order chi connectivity index (χ1) is 9.79. The number of hydrogen-bond acceptors (Lipinski definition) is 4. The zero-order chi connectivity index (χ0) is 13.9. The van der Waals surface area contributed by atoms with E-state index in [2.05, 4.69) is 9.55 Å². The van der Waals surface area contributed by atoms with Crippen LogP contribution in [0.3, 0.4) is 0 Å². The van der Waals surface area contributed by atoms with Crippen LogP contribution >= 0.6 is 0 Å². The van der Waals surface area contributed by atoms with Crippen molar-refractivity contribution in [2.75, 3.05) is 13.2 Å². The molecule has 0 aliphatic carbocycles. The zero-order valence-electron chi connectivity index (χ0n) is 11.4. The van der Waals surface area contributed by atoms with Gasteiger partial charge in [0.2, 0.25) is 0 Å². The van der Waals surface area contributed by atoms with Gasteiger partial charge in [0.1, 0.15) is 0 Å². The molecule has 0 atom stereocenters. The van der Waals surface area contributed by atoms with Crippen LogP contribution in [-0.4, -0.2) is 33.5 Å². The van der Waals surface area contributed by atoms with Crippen molar-refractivity contribution in [1.29, 1.82) is 0 Å². The van der Waals surface area contributed by atoms with Gasteiger partial charge in [0.05, 0.1) is 37.1 Å². The lowest BCUT2D eigenvalue weighted by Crippen LogP contribution is -2.38. The Balaban J connectivity index is 1.77. The highest BCUT2D eigenvalue weighted by Gasteiger charge is 2.25. The average Bonchev–Trinajstić information content (AvgIpc) is 3.13. The predicted octanol–water partition coefficient (Wildman–Crippen LogP) is 1.67. The molecular formula is C14H17N3O3. The Morgan fingerprint density at radius 1 is 1.50 bits per heavy atom. The molecule has 0 aromatic carbocycles. The summed E-state index contributed by atoms with van der Waals surface area (Å²) in [5.41, 5.74) is 1.95. The third-order valence-corrected chi connectivity index (χ3v) is 3.45. The number of hydrogen-bond donors (Lipinski definition) is 0. The van der Waals surface area contributed by atoms with E-state index in [9.17, 15) is 4.79 Å². The minimum absolute atomic E-state index is 0.0789. The fourth-order valence-electron chi connectivity index (χ4n) is 2.36. The molecule has 0 unspecified atom stereocenters. The number of nitrogens with zero attached hydrogens (tertiary/aromatic N) is 3. The number of amides is 1. The van der Waals surface area contributed by atoms with Gasteiger partial charge in [-0.1, -0.05) is 0 Å². The van der Waals surface area contributed by atoms with Gasteiger partial charge in [-0.2, -0.15) is 0 Å². The minimum atomic E-state index is -0.0789. The first-order valence-electron chi connectivity index (χ1n) is 6.73. The van der Waals surface area contributed by atoms with Gasteiger partial charge in [-0.05, 0) is 19.1 Å². The molecule has 0 bridgehead atoms. The summed E-state index contributed by atoms with van der Waals surface area (Å²) in [7, 11) is 0. The smallest absolute Gasteiger partial charge is 0.289 e. The molecule has 20 heavy (non-hydrogen) atoms. The SMILES string of the molecule is CCOCc1ncn2c1CN(C(=O)c1ccco1)CC2. The van der Waals surface area contributed by atoms with Crippen LogP contribution in [0.4, 0.5) is 0 Å². The van der Waals surface area contributed by atoms with Crippen molar-refractivity contribution in [3.8, 4) is 0 Å². The summed E-state index contributed by atoms with van der Waals surface area (Å²) >= 11 is 0. The van der Waals surface area contributed by atoms with E-state index in [-0.39, 0.29) is 5.91 Å². The fourth-order valence-corrected chi connectivity index (χ4v) is 2.36. The van der Waals surface area contributed by atoms with Gasteiger partial charge in [-0.15, -0.1) is 0 Å². The second kappa shape index (κ2) is 5.50. The lowest BCUT2D eigenvalue weighted by Gasteiger charge is -2.28. The van der Waals surface area contributed by atoms with Gasteiger partial charge in [-0.25, -0.2) is 4.98 Å². The van der Waals surface area contributed by atoms with Crippen LogP contribution in [0.25, 0.3) is 0 Å². The summed E-state index contributed by atoms with van der Waals surface area (Å²) in [5, 5.41) is 0. The molecule has 0 radical (unpaired) electrons. The number of imidazole rings is 1. The Morgan fingerprint density at radius 3 is 3.15 bits per heavy atom. The van der Waals surface area contributed by atoms with E-state index in [0.717, 1.165) is 17.9 Å². The standard InChI is InChI=1S/C14H17N3O3/c1-2-19-9-11-12-8-16(5-6-17(12)10-15-11)14(18)13-4-3-7-20-13/h3-4,7,10H,2,5-6,8-9H2,1H3. The summed E-state index contributed by atoms with van der Waals surface area (Å²) in [4.78, 5) is 18.4. The van der Waals surface area contributed by atoms with Crippen LogP contribution < -0.4 is 0 Å². The van der Waals surface area contributed by atoms with Gasteiger partial charge in [-0.3, -0.25) is 4.79 Å². The third-order valence-electron chi connectivity index (χ3n) is 3.45. The van der Waals surface area contributed by atoms with Crippen LogP contribution in [0.5, 0.6) is 0 Å². The number of rotatable bonds is 4. The minimum Gasteiger partial charge on any atom is -0.459 e. The highest BCUT2D eigenvalue weighted by molar-refractivity contribution is 5.91. The van der Waals surface area contributed by atoms with Crippen molar-refractivity contribution in [2.45, 2.75) is 26.6 Å². The molecule has 0 fully saturated rings. The Hall–Kier alpha value is -2.08. The molecule has 2 aromatic rings. The van der Waals surface area contributed by atoms with Gasteiger partial charge < -0.3 is 18.6 Å². The highest BCUT2D eigenvalue weighted by Crippen LogP contribution is 2.19. The number of carbonyl (C=O) groups is 1. The molecule has 1 aliphatic rings. The van der Waals surface area contributed by atoms with Crippen LogP contribution in [0.1, 0.15) is 28.9 Å². The molecule has 2 aromatic heterocycles. The molecule has 106 valence electrons. The Labute approximate surface area is 117 Å². The van der Waals surface area contributed by atoms with E-state index in [1.54, 1.807) is 17.0 Å². The average molecular weight is 275 g/mol. The molecule has 6 heteroatoms. The van der Waals surface area contributed by atoms with Crippen molar-refractivity contribution in [3.05, 3.63) is 41.9 Å². The summed E-state index contributed by atoms with van der Waals surface area (Å²) < 4.78 is 12.7. The Bertz CT molecular complexity index is 589. The predicted molar refractivity (Wildman–Crippen MR) is 71.0 cm³/mol. The molecule has 1 amide bonds. The lowest BCUT2D eigenvalue weighted by molar-refractivity contribution is 0.0674. The van der Waals surface area contributed by atoms with E-state index in [0.29, 0.717) is 32.1 Å². The monoisotopic (exact) mass is 275 g/mol. The number of fused-ring (bicyclic) bond motifs is 1. The number of aromatic nitrogens is 2.